The molecule has 1 aromatic heterocycles. The molecule has 2 heterocycles. The van der Waals surface area contributed by atoms with Gasteiger partial charge in [0.25, 0.3) is 5.56 Å². The van der Waals surface area contributed by atoms with Gasteiger partial charge in [0, 0.05) is 53.9 Å². The molecule has 1 saturated heterocycles. The second kappa shape index (κ2) is 12.1. The van der Waals surface area contributed by atoms with Crippen molar-refractivity contribution in [3.8, 4) is 11.5 Å². The van der Waals surface area contributed by atoms with Crippen molar-refractivity contribution in [2.45, 2.75) is 13.0 Å². The minimum atomic E-state index is -0.300. The molecule has 9 nitrogen and oxygen atoms in total. The first-order valence-corrected chi connectivity index (χ1v) is 12.2. The summed E-state index contributed by atoms with van der Waals surface area (Å²) >= 11 is 6.08. The molecule has 0 bridgehead atoms. The topological polar surface area (TPSA) is 96.1 Å². The van der Waals surface area contributed by atoms with E-state index in [1.54, 1.807) is 55.5 Å². The molecule has 0 radical (unpaired) electrons. The lowest BCUT2D eigenvalue weighted by Crippen LogP contribution is -2.40. The van der Waals surface area contributed by atoms with Gasteiger partial charge < -0.3 is 29.4 Å². The van der Waals surface area contributed by atoms with Crippen molar-refractivity contribution in [2.24, 2.45) is 0 Å². The highest BCUT2D eigenvalue weighted by atomic mass is 35.5. The number of rotatable bonds is 9. The number of nitrogens with one attached hydrogen (secondary N) is 2. The van der Waals surface area contributed by atoms with Crippen LogP contribution in [0, 0.1) is 0 Å². The summed E-state index contributed by atoms with van der Waals surface area (Å²) in [7, 11) is 3.11. The number of halogens is 1. The highest BCUT2D eigenvalue weighted by Gasteiger charge is 2.18. The molecule has 0 unspecified atom stereocenters. The SMILES string of the molecule is COc1cc2cc(CN(CCCN3CCOCC3)C(=O)Nc3cccc(Cl)c3)c(=O)[nH]c2cc1OC. The quantitative estimate of drug-likeness (QED) is 0.449. The number of benzene rings is 2. The lowest BCUT2D eigenvalue weighted by atomic mass is 10.1. The van der Waals surface area contributed by atoms with Gasteiger partial charge in [-0.1, -0.05) is 17.7 Å². The third kappa shape index (κ3) is 6.48. The Morgan fingerprint density at radius 3 is 2.61 bits per heavy atom. The summed E-state index contributed by atoms with van der Waals surface area (Å²) in [5.74, 6) is 1.09. The second-order valence-corrected chi connectivity index (χ2v) is 9.02. The van der Waals surface area contributed by atoms with Crippen molar-refractivity contribution >= 4 is 34.2 Å². The van der Waals surface area contributed by atoms with E-state index >= 15 is 0 Å². The Hall–Kier alpha value is -3.27. The number of fused-ring (bicyclic) bond motifs is 1. The van der Waals surface area contributed by atoms with Gasteiger partial charge in [-0.25, -0.2) is 4.79 Å². The van der Waals surface area contributed by atoms with Crippen molar-refractivity contribution < 1.29 is 19.0 Å². The van der Waals surface area contributed by atoms with Crippen molar-refractivity contribution in [3.63, 3.8) is 0 Å². The summed E-state index contributed by atoms with van der Waals surface area (Å²) in [6.07, 6.45) is 0.763. The normalized spacial score (nSPS) is 14.0. The number of aromatic nitrogens is 1. The minimum Gasteiger partial charge on any atom is -0.493 e. The number of H-pyrrole nitrogens is 1. The zero-order chi connectivity index (χ0) is 25.5. The maximum atomic E-state index is 13.3. The van der Waals surface area contributed by atoms with Gasteiger partial charge in [0.05, 0.1) is 39.5 Å². The number of urea groups is 1. The van der Waals surface area contributed by atoms with Crippen LogP contribution in [0.1, 0.15) is 12.0 Å². The van der Waals surface area contributed by atoms with E-state index in [-0.39, 0.29) is 18.1 Å². The molecular weight excluding hydrogens is 484 g/mol. The van der Waals surface area contributed by atoms with Crippen molar-refractivity contribution in [2.75, 3.05) is 58.9 Å². The van der Waals surface area contributed by atoms with Crippen LogP contribution in [0.25, 0.3) is 10.9 Å². The number of hydrogen-bond donors (Lipinski definition) is 2. The fraction of sp³-hybridized carbons (Fsp3) is 0.385. The fourth-order valence-electron chi connectivity index (χ4n) is 4.23. The Morgan fingerprint density at radius 2 is 1.89 bits per heavy atom. The molecule has 0 saturated carbocycles. The van der Waals surface area contributed by atoms with Crippen molar-refractivity contribution in [1.82, 2.24) is 14.8 Å². The Bertz CT molecular complexity index is 1260. The van der Waals surface area contributed by atoms with Crippen LogP contribution in [0.3, 0.4) is 0 Å². The van der Waals surface area contributed by atoms with E-state index in [4.69, 9.17) is 25.8 Å². The molecule has 1 aliphatic rings. The molecule has 2 N–H and O–H groups in total. The van der Waals surface area contributed by atoms with Gasteiger partial charge in [0.1, 0.15) is 0 Å². The zero-order valence-corrected chi connectivity index (χ0v) is 21.3. The molecule has 10 heteroatoms. The third-order valence-electron chi connectivity index (χ3n) is 6.16. The van der Waals surface area contributed by atoms with Crippen LogP contribution in [-0.4, -0.2) is 74.4 Å². The number of pyridine rings is 1. The van der Waals surface area contributed by atoms with E-state index in [0.29, 0.717) is 39.8 Å². The van der Waals surface area contributed by atoms with Gasteiger partial charge in [0.15, 0.2) is 11.5 Å². The molecule has 0 aliphatic carbocycles. The second-order valence-electron chi connectivity index (χ2n) is 8.59. The Balaban J connectivity index is 1.56. The van der Waals surface area contributed by atoms with Gasteiger partial charge in [-0.15, -0.1) is 0 Å². The molecule has 192 valence electrons. The van der Waals surface area contributed by atoms with Crippen LogP contribution >= 0.6 is 11.6 Å². The number of methoxy groups -OCH3 is 2. The molecule has 2 aromatic carbocycles. The van der Waals surface area contributed by atoms with E-state index in [1.807, 2.05) is 6.07 Å². The number of aromatic amines is 1. The summed E-state index contributed by atoms with van der Waals surface area (Å²) in [6.45, 7) is 4.67. The molecule has 3 aromatic rings. The molecule has 36 heavy (non-hydrogen) atoms. The summed E-state index contributed by atoms with van der Waals surface area (Å²) in [4.78, 5) is 33.1. The van der Waals surface area contributed by atoms with Gasteiger partial charge in [0.2, 0.25) is 0 Å². The number of amides is 2. The van der Waals surface area contributed by atoms with Crippen LogP contribution in [-0.2, 0) is 11.3 Å². The predicted octanol–water partition coefficient (Wildman–Crippen LogP) is 3.96. The lowest BCUT2D eigenvalue weighted by Gasteiger charge is -2.28. The van der Waals surface area contributed by atoms with E-state index in [0.717, 1.165) is 44.7 Å². The Morgan fingerprint density at radius 1 is 1.14 bits per heavy atom. The first-order chi connectivity index (χ1) is 17.5. The number of carbonyl (C=O) groups is 1. The molecule has 1 fully saturated rings. The van der Waals surface area contributed by atoms with Crippen molar-refractivity contribution in [3.05, 3.63) is 63.4 Å². The number of ether oxygens (including phenoxy) is 3. The van der Waals surface area contributed by atoms with E-state index in [2.05, 4.69) is 15.2 Å². The largest absolute Gasteiger partial charge is 0.493 e. The first-order valence-electron chi connectivity index (χ1n) is 11.9. The zero-order valence-electron chi connectivity index (χ0n) is 20.5. The van der Waals surface area contributed by atoms with Crippen LogP contribution in [0.2, 0.25) is 5.02 Å². The smallest absolute Gasteiger partial charge is 0.322 e. The molecular formula is C26H31ClN4O5. The van der Waals surface area contributed by atoms with Crippen LogP contribution in [0.15, 0.2) is 47.3 Å². The monoisotopic (exact) mass is 514 g/mol. The van der Waals surface area contributed by atoms with Gasteiger partial charge >= 0.3 is 6.03 Å². The number of morpholine rings is 1. The average molecular weight is 515 g/mol. The standard InChI is InChI=1S/C26H31ClN4O5/c1-34-23-14-18-13-19(25(32)29-22(18)16-24(23)35-2)17-31(8-4-7-30-9-11-36-12-10-30)26(33)28-21-6-3-5-20(27)15-21/h3,5-6,13-16H,4,7-12,17H2,1-2H3,(H,28,33)(H,29,32). The van der Waals surface area contributed by atoms with Gasteiger partial charge in [-0.3, -0.25) is 9.69 Å². The number of nitrogens with zero attached hydrogens (tertiary/aromatic N) is 2. The summed E-state index contributed by atoms with van der Waals surface area (Å²) < 4.78 is 16.2. The minimum absolute atomic E-state index is 0.148. The predicted molar refractivity (Wildman–Crippen MR) is 140 cm³/mol. The van der Waals surface area contributed by atoms with Crippen LogP contribution < -0.4 is 20.3 Å². The summed E-state index contributed by atoms with van der Waals surface area (Å²) in [5, 5.41) is 4.21. The first kappa shape index (κ1) is 25.8. The molecule has 2 amide bonds. The molecule has 4 rings (SSSR count). The summed E-state index contributed by atoms with van der Waals surface area (Å²) in [6, 6.07) is 12.0. The van der Waals surface area contributed by atoms with E-state index in [1.165, 1.54) is 0 Å². The third-order valence-corrected chi connectivity index (χ3v) is 6.39. The number of carbonyl (C=O) groups excluding carboxylic acids is 1. The highest BCUT2D eigenvalue weighted by molar-refractivity contribution is 6.30. The maximum Gasteiger partial charge on any atom is 0.322 e. The van der Waals surface area contributed by atoms with Crippen LogP contribution in [0.5, 0.6) is 11.5 Å². The van der Waals surface area contributed by atoms with Gasteiger partial charge in [-0.05, 0) is 36.8 Å². The highest BCUT2D eigenvalue weighted by Crippen LogP contribution is 2.31. The van der Waals surface area contributed by atoms with E-state index < -0.39 is 0 Å². The molecule has 0 spiro atoms. The lowest BCUT2D eigenvalue weighted by molar-refractivity contribution is 0.0365. The summed E-state index contributed by atoms with van der Waals surface area (Å²) in [5.41, 5.74) is 1.43. The number of anilines is 1. The van der Waals surface area contributed by atoms with Crippen LogP contribution in [0.4, 0.5) is 10.5 Å². The Kier molecular flexibility index (Phi) is 8.69. The maximum absolute atomic E-state index is 13.3. The number of hydrogen-bond acceptors (Lipinski definition) is 6. The molecule has 1 aliphatic heterocycles. The van der Waals surface area contributed by atoms with Crippen molar-refractivity contribution in [1.29, 1.82) is 0 Å². The molecule has 0 atom stereocenters. The average Bonchev–Trinajstić information content (AvgIpc) is 2.88. The van der Waals surface area contributed by atoms with Gasteiger partial charge in [-0.2, -0.15) is 0 Å². The fourth-order valence-corrected chi connectivity index (χ4v) is 4.42. The Labute approximate surface area is 214 Å². The van der Waals surface area contributed by atoms with E-state index in [9.17, 15) is 9.59 Å².